The second-order valence-corrected chi connectivity index (χ2v) is 6.34. The maximum Gasteiger partial charge on any atom is 1.00 e. The number of nitrogens with two attached hydrogens (primary N) is 1. The predicted octanol–water partition coefficient (Wildman–Crippen LogP) is -5.01. The van der Waals surface area contributed by atoms with Gasteiger partial charge in [-0.3, -0.25) is 14.5 Å². The van der Waals surface area contributed by atoms with Crippen molar-refractivity contribution >= 4 is 23.9 Å². The van der Waals surface area contributed by atoms with Gasteiger partial charge in [0, 0.05) is 12.7 Å². The number of methoxy groups -OCH3 is 1. The quantitative estimate of drug-likeness (QED) is 0.248. The zero-order chi connectivity index (χ0) is 21.2. The molecule has 12 heteroatoms. The zero-order valence-corrected chi connectivity index (χ0v) is 18.4. The molecule has 0 bridgehead atoms. The van der Waals surface area contributed by atoms with Gasteiger partial charge in [-0.2, -0.15) is 0 Å². The van der Waals surface area contributed by atoms with Crippen molar-refractivity contribution < 1.29 is 68.1 Å². The van der Waals surface area contributed by atoms with Crippen molar-refractivity contribution in [3.63, 3.8) is 0 Å². The van der Waals surface area contributed by atoms with Crippen molar-refractivity contribution in [3.8, 4) is 0 Å². The van der Waals surface area contributed by atoms with Crippen LogP contribution in [0.5, 0.6) is 0 Å². The molecule has 0 aliphatic carbocycles. The summed E-state index contributed by atoms with van der Waals surface area (Å²) in [6, 6.07) is 8.82. The molecule has 0 radical (unpaired) electrons. The van der Waals surface area contributed by atoms with Gasteiger partial charge in [0.05, 0.1) is 24.7 Å². The molecule has 154 valence electrons. The molecule has 0 spiro atoms. The molecule has 1 aromatic rings. The number of nitrogens with zero attached hydrogens (tertiary/aromatic N) is 1. The number of benzene rings is 1. The average molecular weight is 427 g/mol. The summed E-state index contributed by atoms with van der Waals surface area (Å²) in [5.41, 5.74) is 3.17. The molecule has 3 rings (SSSR count). The summed E-state index contributed by atoms with van der Waals surface area (Å²) in [6.45, 7) is -0.791. The maximum atomic E-state index is 12.8. The molecule has 2 heterocycles. The topological polar surface area (TPSA) is 160 Å². The molecule has 0 saturated carbocycles. The van der Waals surface area contributed by atoms with Gasteiger partial charge in [-0.1, -0.05) is 30.3 Å². The Kier molecular flexibility index (Phi) is 7.61. The van der Waals surface area contributed by atoms with E-state index in [1.54, 1.807) is 30.3 Å². The summed E-state index contributed by atoms with van der Waals surface area (Å²) in [5, 5.41) is 14.1. The van der Waals surface area contributed by atoms with Crippen LogP contribution in [0.4, 0.5) is 4.79 Å². The first-order valence-corrected chi connectivity index (χ1v) is 8.51. The first-order valence-electron chi connectivity index (χ1n) is 8.51. The summed E-state index contributed by atoms with van der Waals surface area (Å²) >= 11 is 0. The number of β-lactam (4-membered cyclic amide) rings is 1. The van der Waals surface area contributed by atoms with E-state index in [-0.39, 0.29) is 48.2 Å². The van der Waals surface area contributed by atoms with Crippen LogP contribution < -0.4 is 45.7 Å². The van der Waals surface area contributed by atoms with Crippen molar-refractivity contribution in [1.29, 1.82) is 0 Å². The minimum absolute atomic E-state index is 0. The zero-order valence-electron chi connectivity index (χ0n) is 16.4. The number of amides is 3. The van der Waals surface area contributed by atoms with Gasteiger partial charge in [0.15, 0.2) is 6.23 Å². The molecule has 0 aromatic heterocycles. The van der Waals surface area contributed by atoms with E-state index < -0.39 is 48.1 Å². The normalized spacial score (nSPS) is 22.4. The third kappa shape index (κ3) is 4.35. The van der Waals surface area contributed by atoms with Gasteiger partial charge in [0.25, 0.3) is 11.6 Å². The molecule has 1 aromatic carbocycles. The van der Waals surface area contributed by atoms with Crippen LogP contribution in [0.1, 0.15) is 5.56 Å². The van der Waals surface area contributed by atoms with E-state index in [0.717, 1.165) is 4.90 Å². The van der Waals surface area contributed by atoms with E-state index in [4.69, 9.17) is 15.2 Å². The molecule has 2 atom stereocenters. The van der Waals surface area contributed by atoms with Gasteiger partial charge < -0.3 is 35.2 Å². The van der Waals surface area contributed by atoms with Crippen LogP contribution in [0, 0.1) is 0 Å². The minimum Gasteiger partial charge on any atom is -0.543 e. The van der Waals surface area contributed by atoms with Gasteiger partial charge in [-0.05, 0) is 5.56 Å². The van der Waals surface area contributed by atoms with E-state index in [1.165, 1.54) is 7.11 Å². The SMILES string of the molecule is CO[C@@]1(NC(=O)Cc2ccccc2)C(=O)N2C(C(=O)[O-])=C(COC(N)=O)COC21.[Na+]. The number of aliphatic carboxylic acids is 1. The molecule has 1 saturated heterocycles. The Hall–Kier alpha value is -2.44. The van der Waals surface area contributed by atoms with E-state index in [1.807, 2.05) is 0 Å². The van der Waals surface area contributed by atoms with Crippen LogP contribution in [0.2, 0.25) is 0 Å². The van der Waals surface area contributed by atoms with Crippen molar-refractivity contribution in [2.45, 2.75) is 18.4 Å². The first kappa shape index (κ1) is 23.8. The molecule has 1 fully saturated rings. The van der Waals surface area contributed by atoms with Gasteiger partial charge in [0.2, 0.25) is 5.91 Å². The van der Waals surface area contributed by atoms with Crippen molar-refractivity contribution in [2.24, 2.45) is 5.73 Å². The number of hydrogen-bond acceptors (Lipinski definition) is 8. The van der Waals surface area contributed by atoms with Crippen LogP contribution in [0.15, 0.2) is 41.6 Å². The molecule has 2 aliphatic rings. The number of carbonyl (C=O) groups excluding carboxylic acids is 4. The number of carboxylic acids is 1. The third-order valence-electron chi connectivity index (χ3n) is 4.55. The van der Waals surface area contributed by atoms with Gasteiger partial charge in [0.1, 0.15) is 6.61 Å². The first-order chi connectivity index (χ1) is 13.8. The predicted molar refractivity (Wildman–Crippen MR) is 92.2 cm³/mol. The van der Waals surface area contributed by atoms with Crippen LogP contribution in [-0.2, 0) is 35.0 Å². The Morgan fingerprint density at radius 2 is 2.00 bits per heavy atom. The van der Waals surface area contributed by atoms with Gasteiger partial charge >= 0.3 is 35.7 Å². The molecule has 2 aliphatic heterocycles. The smallest absolute Gasteiger partial charge is 0.543 e. The summed E-state index contributed by atoms with van der Waals surface area (Å²) in [7, 11) is 1.19. The summed E-state index contributed by atoms with van der Waals surface area (Å²) < 4.78 is 15.3. The number of ether oxygens (including phenoxy) is 3. The molecule has 11 nitrogen and oxygen atoms in total. The largest absolute Gasteiger partial charge is 1.00 e. The van der Waals surface area contributed by atoms with E-state index in [9.17, 15) is 24.3 Å². The monoisotopic (exact) mass is 427 g/mol. The molecule has 3 N–H and O–H groups in total. The van der Waals surface area contributed by atoms with Gasteiger partial charge in [-0.25, -0.2) is 4.79 Å². The van der Waals surface area contributed by atoms with Crippen LogP contribution in [-0.4, -0.2) is 61.1 Å². The number of carbonyl (C=O) groups is 4. The van der Waals surface area contributed by atoms with Crippen molar-refractivity contribution in [1.82, 2.24) is 10.2 Å². The van der Waals surface area contributed by atoms with Crippen molar-refractivity contribution in [2.75, 3.05) is 20.3 Å². The molecule has 1 unspecified atom stereocenters. The standard InChI is InChI=1S/C18H19N3O8.Na/c1-27-18(20-12(22)7-10-5-3-2-4-6-10)15(25)21-13(14(23)24)11(8-28-16(18)21)9-29-17(19)26;/h2-6,16H,7-9H2,1H3,(H2,19,26)(H,20,22)(H,23,24);/q;+1/p-1/t16?,18-;/m0./s1. The number of hydrogen-bond donors (Lipinski definition) is 2. The molecular weight excluding hydrogens is 409 g/mol. The van der Waals surface area contributed by atoms with E-state index in [2.05, 4.69) is 10.1 Å². The number of carboxylic acid groups (broad SMARTS) is 1. The third-order valence-corrected chi connectivity index (χ3v) is 4.55. The fourth-order valence-electron chi connectivity index (χ4n) is 3.23. The Morgan fingerprint density at radius 1 is 1.33 bits per heavy atom. The number of fused-ring (bicyclic) bond motifs is 1. The summed E-state index contributed by atoms with van der Waals surface area (Å²) in [6.07, 6.45) is -2.37. The molecule has 3 amide bonds. The Balaban J connectivity index is 0.00000320. The van der Waals surface area contributed by atoms with Crippen LogP contribution in [0.25, 0.3) is 0 Å². The molecule has 30 heavy (non-hydrogen) atoms. The average Bonchev–Trinajstić information content (AvgIpc) is 2.69. The number of nitrogens with one attached hydrogen (secondary N) is 1. The minimum atomic E-state index is -1.89. The fourth-order valence-corrected chi connectivity index (χ4v) is 3.23. The Morgan fingerprint density at radius 3 is 2.57 bits per heavy atom. The van der Waals surface area contributed by atoms with Crippen LogP contribution >= 0.6 is 0 Å². The Bertz CT molecular complexity index is 891. The maximum absolute atomic E-state index is 12.8. The second kappa shape index (κ2) is 9.58. The van der Waals surface area contributed by atoms with Crippen molar-refractivity contribution in [3.05, 3.63) is 47.2 Å². The fraction of sp³-hybridized carbons (Fsp3) is 0.333. The Labute approximate surface area is 193 Å². The van der Waals surface area contributed by atoms with Crippen LogP contribution in [0.3, 0.4) is 0 Å². The van der Waals surface area contributed by atoms with Gasteiger partial charge in [-0.15, -0.1) is 0 Å². The number of primary amides is 1. The molecular formula is C18H18N3NaO8. The van der Waals surface area contributed by atoms with E-state index >= 15 is 0 Å². The summed E-state index contributed by atoms with van der Waals surface area (Å²) in [4.78, 5) is 48.4. The second-order valence-electron chi connectivity index (χ2n) is 6.34. The van der Waals surface area contributed by atoms with E-state index in [0.29, 0.717) is 5.56 Å². The number of rotatable bonds is 7. The summed E-state index contributed by atoms with van der Waals surface area (Å²) in [5.74, 6) is -3.05.